The normalized spacial score (nSPS) is 10.1. The van der Waals surface area contributed by atoms with Gasteiger partial charge in [-0.25, -0.2) is 0 Å². The molecule has 1 aromatic rings. The molecule has 0 saturated heterocycles. The van der Waals surface area contributed by atoms with E-state index in [2.05, 4.69) is 15.5 Å². The van der Waals surface area contributed by atoms with Crippen molar-refractivity contribution in [1.82, 2.24) is 15.1 Å². The average molecular weight is 228 g/mol. The monoisotopic (exact) mass is 228 g/mol. The second-order valence-corrected chi connectivity index (χ2v) is 4.15. The molecular weight excluding hydrogens is 212 g/mol. The number of carbonyl (C=O) groups is 1. The first-order valence-electron chi connectivity index (χ1n) is 5.01. The first kappa shape index (κ1) is 11.9. The topological polar surface area (TPSA) is 58.1 Å². The molecule has 0 unspecified atom stereocenters. The maximum absolute atomic E-state index is 11.8. The summed E-state index contributed by atoms with van der Waals surface area (Å²) < 4.78 is 0. The number of carbonyl (C=O) groups excluding carboxylic acids is 1. The molecule has 0 saturated carbocycles. The molecule has 0 radical (unpaired) electrons. The van der Waals surface area contributed by atoms with Gasteiger partial charge in [-0.15, -0.1) is 10.2 Å². The smallest absolute Gasteiger partial charge is 0.284 e. The van der Waals surface area contributed by atoms with Crippen LogP contribution in [0.15, 0.2) is 0 Å². The Morgan fingerprint density at radius 1 is 1.47 bits per heavy atom. The Morgan fingerprint density at radius 2 is 2.20 bits per heavy atom. The molecule has 0 aromatic carbocycles. The molecule has 1 aromatic heterocycles. The first-order valence-corrected chi connectivity index (χ1v) is 5.83. The summed E-state index contributed by atoms with van der Waals surface area (Å²) in [6.07, 6.45) is 0.946. The first-order chi connectivity index (χ1) is 7.19. The van der Waals surface area contributed by atoms with Crippen molar-refractivity contribution >= 4 is 22.4 Å². The third kappa shape index (κ3) is 3.16. The number of hydrogen-bond acceptors (Lipinski definition) is 5. The molecule has 84 valence electrons. The SMILES string of the molecule is CCCN(C)C(=O)c1nnc(NCC)s1. The fraction of sp³-hybridized carbons (Fsp3) is 0.667. The molecule has 0 aliphatic carbocycles. The highest BCUT2D eigenvalue weighted by molar-refractivity contribution is 7.17. The van der Waals surface area contributed by atoms with Crippen LogP contribution in [0.1, 0.15) is 30.1 Å². The number of nitrogens with zero attached hydrogens (tertiary/aromatic N) is 3. The van der Waals surface area contributed by atoms with Crippen molar-refractivity contribution in [2.45, 2.75) is 20.3 Å². The van der Waals surface area contributed by atoms with E-state index >= 15 is 0 Å². The molecule has 0 aliphatic heterocycles. The van der Waals surface area contributed by atoms with Gasteiger partial charge in [0, 0.05) is 20.1 Å². The Labute approximate surface area is 93.5 Å². The minimum atomic E-state index is -0.0569. The second kappa shape index (κ2) is 5.65. The lowest BCUT2D eigenvalue weighted by Crippen LogP contribution is -2.27. The van der Waals surface area contributed by atoms with Gasteiger partial charge in [0.05, 0.1) is 0 Å². The van der Waals surface area contributed by atoms with Gasteiger partial charge in [-0.1, -0.05) is 18.3 Å². The molecule has 6 heteroatoms. The van der Waals surface area contributed by atoms with Crippen LogP contribution in [0.3, 0.4) is 0 Å². The lowest BCUT2D eigenvalue weighted by molar-refractivity contribution is 0.0794. The van der Waals surface area contributed by atoms with Crippen LogP contribution < -0.4 is 5.32 Å². The summed E-state index contributed by atoms with van der Waals surface area (Å²) in [7, 11) is 1.78. The number of amides is 1. The largest absolute Gasteiger partial charge is 0.360 e. The molecule has 0 bridgehead atoms. The number of hydrogen-bond donors (Lipinski definition) is 1. The highest BCUT2D eigenvalue weighted by Crippen LogP contribution is 2.16. The van der Waals surface area contributed by atoms with Crippen LogP contribution in [-0.2, 0) is 0 Å². The van der Waals surface area contributed by atoms with Gasteiger partial charge in [0.1, 0.15) is 0 Å². The Morgan fingerprint density at radius 3 is 2.80 bits per heavy atom. The van der Waals surface area contributed by atoms with Crippen LogP contribution in [0.4, 0.5) is 5.13 Å². The van der Waals surface area contributed by atoms with Crippen LogP contribution in [0.2, 0.25) is 0 Å². The zero-order valence-corrected chi connectivity index (χ0v) is 10.1. The maximum Gasteiger partial charge on any atom is 0.284 e. The molecule has 0 spiro atoms. The lowest BCUT2D eigenvalue weighted by Gasteiger charge is -2.13. The quantitative estimate of drug-likeness (QED) is 0.828. The molecule has 5 nitrogen and oxygen atoms in total. The fourth-order valence-electron chi connectivity index (χ4n) is 1.13. The summed E-state index contributed by atoms with van der Waals surface area (Å²) in [5.74, 6) is -0.0569. The van der Waals surface area contributed by atoms with E-state index in [1.54, 1.807) is 11.9 Å². The van der Waals surface area contributed by atoms with E-state index < -0.39 is 0 Å². The van der Waals surface area contributed by atoms with Crippen molar-refractivity contribution in [2.24, 2.45) is 0 Å². The minimum Gasteiger partial charge on any atom is -0.360 e. The molecular formula is C9H16N4OS. The van der Waals surface area contributed by atoms with Crippen LogP contribution in [0.5, 0.6) is 0 Å². The Hall–Kier alpha value is -1.17. The summed E-state index contributed by atoms with van der Waals surface area (Å²) in [5.41, 5.74) is 0. The van der Waals surface area contributed by atoms with Crippen molar-refractivity contribution in [3.05, 3.63) is 5.01 Å². The van der Waals surface area contributed by atoms with Gasteiger partial charge in [-0.3, -0.25) is 4.79 Å². The van der Waals surface area contributed by atoms with Gasteiger partial charge < -0.3 is 10.2 Å². The van der Waals surface area contributed by atoms with Gasteiger partial charge in [0.15, 0.2) is 0 Å². The molecule has 1 heterocycles. The Kier molecular flexibility index (Phi) is 4.48. The summed E-state index contributed by atoms with van der Waals surface area (Å²) in [6.45, 7) is 5.54. The van der Waals surface area contributed by atoms with Gasteiger partial charge in [0.25, 0.3) is 5.91 Å². The van der Waals surface area contributed by atoms with Crippen molar-refractivity contribution in [3.8, 4) is 0 Å². The van der Waals surface area contributed by atoms with E-state index in [1.165, 1.54) is 11.3 Å². The van der Waals surface area contributed by atoms with Crippen molar-refractivity contribution in [2.75, 3.05) is 25.5 Å². The summed E-state index contributed by atoms with van der Waals surface area (Å²) in [5, 5.41) is 11.9. The number of nitrogens with one attached hydrogen (secondary N) is 1. The van der Waals surface area contributed by atoms with Gasteiger partial charge in [0.2, 0.25) is 10.1 Å². The van der Waals surface area contributed by atoms with Crippen LogP contribution in [0.25, 0.3) is 0 Å². The number of rotatable bonds is 5. The van der Waals surface area contributed by atoms with Crippen LogP contribution in [-0.4, -0.2) is 41.1 Å². The molecule has 0 aliphatic rings. The third-order valence-corrected chi connectivity index (χ3v) is 2.71. The maximum atomic E-state index is 11.8. The van der Waals surface area contributed by atoms with Crippen LogP contribution in [0, 0.1) is 0 Å². The average Bonchev–Trinajstić information content (AvgIpc) is 2.66. The third-order valence-electron chi connectivity index (χ3n) is 1.84. The van der Waals surface area contributed by atoms with E-state index in [0.717, 1.165) is 19.5 Å². The molecule has 15 heavy (non-hydrogen) atoms. The highest BCUT2D eigenvalue weighted by Gasteiger charge is 2.16. The van der Waals surface area contributed by atoms with Gasteiger partial charge in [-0.2, -0.15) is 0 Å². The van der Waals surface area contributed by atoms with Crippen molar-refractivity contribution in [1.29, 1.82) is 0 Å². The predicted molar refractivity (Wildman–Crippen MR) is 61.3 cm³/mol. The zero-order valence-electron chi connectivity index (χ0n) is 9.28. The van der Waals surface area contributed by atoms with Crippen LogP contribution >= 0.6 is 11.3 Å². The van der Waals surface area contributed by atoms with E-state index in [4.69, 9.17) is 0 Å². The number of aromatic nitrogens is 2. The molecule has 1 N–H and O–H groups in total. The summed E-state index contributed by atoms with van der Waals surface area (Å²) >= 11 is 1.30. The van der Waals surface area contributed by atoms with E-state index in [1.807, 2.05) is 13.8 Å². The second-order valence-electron chi connectivity index (χ2n) is 3.17. The number of anilines is 1. The van der Waals surface area contributed by atoms with Gasteiger partial charge in [-0.05, 0) is 13.3 Å². The lowest BCUT2D eigenvalue weighted by atomic mass is 10.4. The fourth-order valence-corrected chi connectivity index (χ4v) is 1.94. The molecule has 1 rings (SSSR count). The minimum absolute atomic E-state index is 0.0569. The predicted octanol–water partition coefficient (Wildman–Crippen LogP) is 1.45. The van der Waals surface area contributed by atoms with Crippen molar-refractivity contribution in [3.63, 3.8) is 0 Å². The Bertz CT molecular complexity index is 326. The molecule has 1 amide bonds. The highest BCUT2D eigenvalue weighted by atomic mass is 32.1. The van der Waals surface area contributed by atoms with E-state index in [9.17, 15) is 4.79 Å². The Balaban J connectivity index is 2.65. The molecule has 0 atom stereocenters. The summed E-state index contributed by atoms with van der Waals surface area (Å²) in [4.78, 5) is 13.4. The standard InChI is InChI=1S/C9H16N4OS/c1-4-6-13(3)8(14)7-11-12-9(15-7)10-5-2/h4-6H2,1-3H3,(H,10,12). The van der Waals surface area contributed by atoms with E-state index in [0.29, 0.717) is 10.1 Å². The van der Waals surface area contributed by atoms with Crippen molar-refractivity contribution < 1.29 is 4.79 Å². The molecule has 0 fully saturated rings. The van der Waals surface area contributed by atoms with Gasteiger partial charge >= 0.3 is 0 Å². The van der Waals surface area contributed by atoms with E-state index in [-0.39, 0.29) is 5.91 Å². The summed E-state index contributed by atoms with van der Waals surface area (Å²) in [6, 6.07) is 0. The zero-order chi connectivity index (χ0) is 11.3.